The quantitative estimate of drug-likeness (QED) is 0.264. The van der Waals surface area contributed by atoms with E-state index in [1.807, 2.05) is 0 Å². The van der Waals surface area contributed by atoms with E-state index < -0.39 is 27.3 Å². The van der Waals surface area contributed by atoms with Gasteiger partial charge in [0, 0.05) is 23.0 Å². The van der Waals surface area contributed by atoms with Gasteiger partial charge >= 0.3 is 17.7 Å². The van der Waals surface area contributed by atoms with Crippen LogP contribution in [0.15, 0.2) is 42.5 Å². The molecule has 4 amide bonds. The SMILES string of the molecule is O=C(NNc1ccc([N+](=O)[O-])cc1[N+](=O)[O-])Nc1ccc(NC(=O)NC23CC4CC(CC(C4)C2)C3)cc1. The molecule has 4 aliphatic rings. The molecule has 0 spiro atoms. The monoisotopic (exact) mass is 509 g/mol. The van der Waals surface area contributed by atoms with Crippen LogP contribution in [0.2, 0.25) is 0 Å². The van der Waals surface area contributed by atoms with Crippen LogP contribution in [0.4, 0.5) is 38.0 Å². The lowest BCUT2D eigenvalue weighted by Crippen LogP contribution is -2.60. The predicted octanol–water partition coefficient (Wildman–Crippen LogP) is 4.74. The molecule has 2 aromatic carbocycles. The van der Waals surface area contributed by atoms with E-state index in [-0.39, 0.29) is 17.3 Å². The normalized spacial score (nSPS) is 25.1. The third kappa shape index (κ3) is 5.39. The number of hydrogen-bond donors (Lipinski definition) is 5. The van der Waals surface area contributed by atoms with E-state index in [9.17, 15) is 29.8 Å². The number of nitrogens with one attached hydrogen (secondary N) is 5. The fourth-order valence-corrected chi connectivity index (χ4v) is 6.48. The number of non-ortho nitro benzene ring substituents is 1. The highest BCUT2D eigenvalue weighted by atomic mass is 16.6. The van der Waals surface area contributed by atoms with E-state index >= 15 is 0 Å². The van der Waals surface area contributed by atoms with Crippen molar-refractivity contribution in [3.63, 3.8) is 0 Å². The summed E-state index contributed by atoms with van der Waals surface area (Å²) in [6, 6.07) is 8.59. The van der Waals surface area contributed by atoms with Crippen molar-refractivity contribution >= 4 is 40.5 Å². The van der Waals surface area contributed by atoms with Crippen LogP contribution in [-0.4, -0.2) is 27.4 Å². The molecule has 5 N–H and O–H groups in total. The largest absolute Gasteiger partial charge is 0.337 e. The number of carbonyl (C=O) groups excluding carboxylic acids is 2. The molecule has 0 atom stereocenters. The van der Waals surface area contributed by atoms with E-state index in [1.54, 1.807) is 24.3 Å². The zero-order chi connectivity index (χ0) is 26.2. The van der Waals surface area contributed by atoms with Gasteiger partial charge in [0.2, 0.25) is 0 Å². The molecule has 4 saturated carbocycles. The molecule has 0 aliphatic heterocycles. The van der Waals surface area contributed by atoms with Gasteiger partial charge in [-0.3, -0.25) is 31.1 Å². The number of nitro benzene ring substituents is 2. The number of hydrogen-bond acceptors (Lipinski definition) is 7. The van der Waals surface area contributed by atoms with Crippen molar-refractivity contribution in [2.24, 2.45) is 17.8 Å². The highest BCUT2D eigenvalue weighted by molar-refractivity contribution is 5.92. The lowest BCUT2D eigenvalue weighted by molar-refractivity contribution is -0.393. The fourth-order valence-electron chi connectivity index (χ4n) is 6.48. The molecule has 13 heteroatoms. The summed E-state index contributed by atoms with van der Waals surface area (Å²) in [7, 11) is 0. The number of urea groups is 2. The highest BCUT2D eigenvalue weighted by Gasteiger charge is 2.51. The van der Waals surface area contributed by atoms with Crippen LogP contribution in [0, 0.1) is 38.0 Å². The Kier molecular flexibility index (Phi) is 6.27. The van der Waals surface area contributed by atoms with E-state index in [4.69, 9.17) is 0 Å². The van der Waals surface area contributed by atoms with Crippen LogP contribution in [0.1, 0.15) is 38.5 Å². The molecule has 0 saturated heterocycles. The summed E-state index contributed by atoms with van der Waals surface area (Å²) in [6.07, 6.45) is 7.06. The number of anilines is 3. The van der Waals surface area contributed by atoms with Crippen molar-refractivity contribution in [3.05, 3.63) is 62.7 Å². The van der Waals surface area contributed by atoms with Gasteiger partial charge in [-0.1, -0.05) is 0 Å². The molecule has 6 rings (SSSR count). The van der Waals surface area contributed by atoms with Crippen LogP contribution >= 0.6 is 0 Å². The first kappa shape index (κ1) is 24.3. The molecule has 0 aromatic heterocycles. The van der Waals surface area contributed by atoms with Crippen LogP contribution in [-0.2, 0) is 0 Å². The second-order valence-electron chi connectivity index (χ2n) is 10.3. The molecule has 0 radical (unpaired) electrons. The van der Waals surface area contributed by atoms with Gasteiger partial charge in [0.1, 0.15) is 5.69 Å². The van der Waals surface area contributed by atoms with Gasteiger partial charge in [-0.2, -0.15) is 0 Å². The van der Waals surface area contributed by atoms with Gasteiger partial charge in [0.15, 0.2) is 0 Å². The number of rotatable bonds is 7. The van der Waals surface area contributed by atoms with Crippen molar-refractivity contribution in [1.29, 1.82) is 0 Å². The molecule has 0 heterocycles. The second kappa shape index (κ2) is 9.56. The molecule has 0 unspecified atom stereocenters. The topological polar surface area (TPSA) is 181 Å². The van der Waals surface area contributed by atoms with Gasteiger partial charge in [-0.25, -0.2) is 9.59 Å². The number of carbonyl (C=O) groups is 2. The van der Waals surface area contributed by atoms with Crippen LogP contribution < -0.4 is 26.8 Å². The van der Waals surface area contributed by atoms with Crippen molar-refractivity contribution in [2.75, 3.05) is 16.1 Å². The maximum atomic E-state index is 12.7. The van der Waals surface area contributed by atoms with Crippen molar-refractivity contribution < 1.29 is 19.4 Å². The first-order valence-electron chi connectivity index (χ1n) is 12.1. The number of amides is 4. The van der Waals surface area contributed by atoms with Crippen molar-refractivity contribution in [2.45, 2.75) is 44.1 Å². The number of nitrogens with zero attached hydrogens (tertiary/aromatic N) is 2. The number of benzene rings is 2. The molecule has 4 bridgehead atoms. The third-order valence-electron chi connectivity index (χ3n) is 7.52. The molecule has 13 nitrogen and oxygen atoms in total. The van der Waals surface area contributed by atoms with E-state index in [1.165, 1.54) is 19.3 Å². The lowest BCUT2D eigenvalue weighted by atomic mass is 9.53. The summed E-state index contributed by atoms with van der Waals surface area (Å²) in [5.41, 5.74) is 4.43. The zero-order valence-corrected chi connectivity index (χ0v) is 19.9. The molecular formula is C24H27N7O6. The minimum Gasteiger partial charge on any atom is -0.332 e. The number of nitro groups is 2. The van der Waals surface area contributed by atoms with E-state index in [0.717, 1.165) is 55.2 Å². The van der Waals surface area contributed by atoms with Gasteiger partial charge in [0.05, 0.1) is 15.9 Å². The first-order valence-corrected chi connectivity index (χ1v) is 12.1. The van der Waals surface area contributed by atoms with Crippen molar-refractivity contribution in [3.8, 4) is 0 Å². The minimum absolute atomic E-state index is 0.0931. The molecule has 4 aliphatic carbocycles. The van der Waals surface area contributed by atoms with Gasteiger partial charge in [0.25, 0.3) is 5.69 Å². The maximum absolute atomic E-state index is 12.7. The Morgan fingerprint density at radius 1 is 0.784 bits per heavy atom. The molecule has 37 heavy (non-hydrogen) atoms. The minimum atomic E-state index is -0.792. The second-order valence-corrected chi connectivity index (χ2v) is 10.3. The maximum Gasteiger partial charge on any atom is 0.337 e. The highest BCUT2D eigenvalue weighted by Crippen LogP contribution is 2.55. The van der Waals surface area contributed by atoms with Crippen LogP contribution in [0.3, 0.4) is 0 Å². The summed E-state index contributed by atoms with van der Waals surface area (Å²) >= 11 is 0. The van der Waals surface area contributed by atoms with Gasteiger partial charge < -0.3 is 16.0 Å². The Bertz CT molecular complexity index is 1210. The smallest absolute Gasteiger partial charge is 0.332 e. The summed E-state index contributed by atoms with van der Waals surface area (Å²) in [6.45, 7) is 0. The van der Waals surface area contributed by atoms with Crippen LogP contribution in [0.25, 0.3) is 0 Å². The Balaban J connectivity index is 1.12. The molecule has 2 aromatic rings. The van der Waals surface area contributed by atoms with E-state index in [0.29, 0.717) is 11.4 Å². The zero-order valence-electron chi connectivity index (χ0n) is 19.9. The average Bonchev–Trinajstić information content (AvgIpc) is 2.82. The van der Waals surface area contributed by atoms with Crippen LogP contribution in [0.5, 0.6) is 0 Å². The fraction of sp³-hybridized carbons (Fsp3) is 0.417. The first-order chi connectivity index (χ1) is 17.7. The van der Waals surface area contributed by atoms with Gasteiger partial charge in [-0.15, -0.1) is 0 Å². The Morgan fingerprint density at radius 3 is 1.84 bits per heavy atom. The summed E-state index contributed by atoms with van der Waals surface area (Å²) in [5.74, 6) is 2.18. The summed E-state index contributed by atoms with van der Waals surface area (Å²) < 4.78 is 0. The number of hydrazine groups is 1. The van der Waals surface area contributed by atoms with Crippen molar-refractivity contribution in [1.82, 2.24) is 10.7 Å². The average molecular weight is 510 g/mol. The third-order valence-corrected chi connectivity index (χ3v) is 7.52. The summed E-state index contributed by atoms with van der Waals surface area (Å²) in [4.78, 5) is 45.4. The molecule has 4 fully saturated rings. The Labute approximate surface area is 211 Å². The standard InChI is InChI=1S/C24H27N7O6/c32-22(27-24-11-14-7-15(12-24)9-16(8-14)13-24)25-17-1-3-18(4-2-17)26-23(33)29-28-20-6-5-19(30(34)35)10-21(20)31(36)37/h1-6,10,14-16,28H,7-9,11-13H2,(H2,25,27,32)(H2,26,29,33). The molecule has 194 valence electrons. The molecular weight excluding hydrogens is 482 g/mol. The summed E-state index contributed by atoms with van der Waals surface area (Å²) in [5, 5.41) is 30.7. The predicted molar refractivity (Wildman–Crippen MR) is 135 cm³/mol. The lowest BCUT2D eigenvalue weighted by Gasteiger charge is -2.56. The Morgan fingerprint density at radius 2 is 1.32 bits per heavy atom. The van der Waals surface area contributed by atoms with Gasteiger partial charge in [-0.05, 0) is 86.6 Å². The Hall–Kier alpha value is -4.42. The van der Waals surface area contributed by atoms with E-state index in [2.05, 4.69) is 26.8 Å².